The average molecular weight is 484 g/mol. The number of fused-ring (bicyclic) bond motifs is 3. The summed E-state index contributed by atoms with van der Waals surface area (Å²) in [5.74, 6) is -8.51. The molecule has 35 heavy (non-hydrogen) atoms. The van der Waals surface area contributed by atoms with Crippen LogP contribution in [0.4, 0.5) is 13.6 Å². The first-order valence-corrected chi connectivity index (χ1v) is 11.8. The fourth-order valence-corrected chi connectivity index (χ4v) is 5.45. The Bertz CT molecular complexity index is 1120. The van der Waals surface area contributed by atoms with E-state index in [2.05, 4.69) is 5.32 Å². The number of alkyl halides is 2. The molecule has 0 bridgehead atoms. The van der Waals surface area contributed by atoms with Crippen molar-refractivity contribution in [2.24, 2.45) is 11.8 Å². The lowest BCUT2D eigenvalue weighted by Gasteiger charge is -2.33. The van der Waals surface area contributed by atoms with Crippen molar-refractivity contribution in [3.63, 3.8) is 0 Å². The van der Waals surface area contributed by atoms with Crippen molar-refractivity contribution < 1.29 is 33.0 Å². The van der Waals surface area contributed by atoms with Gasteiger partial charge in [0.1, 0.15) is 18.6 Å². The largest absolute Gasteiger partial charge is 0.480 e. The molecule has 2 aliphatic carbocycles. The highest BCUT2D eigenvalue weighted by Crippen LogP contribution is 2.56. The summed E-state index contributed by atoms with van der Waals surface area (Å²) in [6, 6.07) is 14.6. The lowest BCUT2D eigenvalue weighted by molar-refractivity contribution is -0.153. The third-order valence-electron chi connectivity index (χ3n) is 7.35. The summed E-state index contributed by atoms with van der Waals surface area (Å²) in [6.07, 6.45) is 0.634. The van der Waals surface area contributed by atoms with Crippen LogP contribution in [0, 0.1) is 11.8 Å². The molecule has 1 aliphatic heterocycles. The van der Waals surface area contributed by atoms with Gasteiger partial charge in [-0.1, -0.05) is 48.5 Å². The van der Waals surface area contributed by atoms with Crippen molar-refractivity contribution in [1.82, 2.24) is 10.2 Å². The van der Waals surface area contributed by atoms with Gasteiger partial charge in [-0.2, -0.15) is 0 Å². The van der Waals surface area contributed by atoms with E-state index < -0.39 is 48.3 Å². The molecule has 0 aromatic heterocycles. The lowest BCUT2D eigenvalue weighted by Crippen LogP contribution is -2.49. The number of hydrogen-bond acceptors (Lipinski definition) is 4. The number of rotatable bonds is 6. The zero-order valence-corrected chi connectivity index (χ0v) is 19.0. The summed E-state index contributed by atoms with van der Waals surface area (Å²) < 4.78 is 34.2. The van der Waals surface area contributed by atoms with E-state index in [4.69, 9.17) is 4.74 Å². The highest BCUT2D eigenvalue weighted by molar-refractivity contribution is 5.88. The van der Waals surface area contributed by atoms with Gasteiger partial charge in [0.2, 0.25) is 5.91 Å². The molecule has 7 nitrogen and oxygen atoms in total. The maximum Gasteiger partial charge on any atom is 0.407 e. The Morgan fingerprint density at radius 3 is 2.29 bits per heavy atom. The van der Waals surface area contributed by atoms with Crippen LogP contribution < -0.4 is 5.32 Å². The van der Waals surface area contributed by atoms with Crippen LogP contribution >= 0.6 is 0 Å². The van der Waals surface area contributed by atoms with Crippen LogP contribution in [0.25, 0.3) is 11.1 Å². The first-order valence-electron chi connectivity index (χ1n) is 11.8. The molecule has 0 spiro atoms. The van der Waals surface area contributed by atoms with Crippen LogP contribution in [-0.4, -0.2) is 59.6 Å². The minimum absolute atomic E-state index is 0.0529. The van der Waals surface area contributed by atoms with E-state index in [1.54, 1.807) is 0 Å². The molecule has 1 saturated heterocycles. The molecule has 2 aromatic carbocycles. The number of nitrogens with one attached hydrogen (secondary N) is 1. The number of carboxylic acid groups (broad SMARTS) is 1. The van der Waals surface area contributed by atoms with Gasteiger partial charge in [-0.3, -0.25) is 4.79 Å². The smallest absolute Gasteiger partial charge is 0.407 e. The molecule has 2 fully saturated rings. The monoisotopic (exact) mass is 484 g/mol. The van der Waals surface area contributed by atoms with E-state index in [-0.39, 0.29) is 25.5 Å². The zero-order chi connectivity index (χ0) is 24.7. The number of nitrogens with zero attached hydrogens (tertiary/aromatic N) is 1. The SMILES string of the molecule is O=C(NCC1C(C(=O)N2CCCCC2C(=O)O)C1(F)F)OCC1c2ccccc2-c2ccccc21. The Morgan fingerprint density at radius 2 is 1.66 bits per heavy atom. The number of halogens is 2. The normalized spacial score (nSPS) is 24.3. The highest BCUT2D eigenvalue weighted by Gasteiger charge is 2.72. The number of likely N-dealkylation sites (tertiary alicyclic amines) is 1. The van der Waals surface area contributed by atoms with Crippen LogP contribution in [0.5, 0.6) is 0 Å². The number of alkyl carbamates (subject to hydrolysis) is 1. The maximum atomic E-state index is 14.4. The first kappa shape index (κ1) is 23.3. The maximum absolute atomic E-state index is 14.4. The Hall–Kier alpha value is -3.49. The molecule has 2 N–H and O–H groups in total. The van der Waals surface area contributed by atoms with Crippen molar-refractivity contribution in [3.8, 4) is 11.1 Å². The summed E-state index contributed by atoms with van der Waals surface area (Å²) >= 11 is 0. The quantitative estimate of drug-likeness (QED) is 0.649. The summed E-state index contributed by atoms with van der Waals surface area (Å²) in [4.78, 5) is 37.6. The molecule has 5 rings (SSSR count). The van der Waals surface area contributed by atoms with E-state index in [0.29, 0.717) is 12.8 Å². The first-order chi connectivity index (χ1) is 16.8. The van der Waals surface area contributed by atoms with Gasteiger partial charge in [-0.25, -0.2) is 18.4 Å². The summed E-state index contributed by atoms with van der Waals surface area (Å²) in [5.41, 5.74) is 4.23. The van der Waals surface area contributed by atoms with Crippen LogP contribution in [0.1, 0.15) is 36.3 Å². The van der Waals surface area contributed by atoms with Crippen molar-refractivity contribution in [3.05, 3.63) is 59.7 Å². The molecule has 1 saturated carbocycles. The molecule has 1 heterocycles. The van der Waals surface area contributed by atoms with Gasteiger partial charge in [0.15, 0.2) is 0 Å². The number of hydrogen-bond donors (Lipinski definition) is 2. The number of piperidine rings is 1. The Balaban J connectivity index is 1.18. The fraction of sp³-hybridized carbons (Fsp3) is 0.423. The zero-order valence-electron chi connectivity index (χ0n) is 19.0. The number of aliphatic carboxylic acids is 1. The molecule has 2 aromatic rings. The average Bonchev–Trinajstić information content (AvgIpc) is 3.26. The molecular formula is C26H26F2N2O5. The summed E-state index contributed by atoms with van der Waals surface area (Å²) in [5, 5.41) is 11.7. The molecule has 0 radical (unpaired) electrons. The standard InChI is InChI=1S/C26H26F2N2O5/c27-26(28)20(22(26)23(31)30-12-6-5-11-21(30)24(32)33)13-29-25(34)35-14-19-17-9-3-1-7-15(17)16-8-2-4-10-18(16)19/h1-4,7-10,19-22H,5-6,11-14H2,(H,29,34)(H,32,33). The van der Waals surface area contributed by atoms with Crippen LogP contribution in [-0.2, 0) is 14.3 Å². The number of carbonyl (C=O) groups excluding carboxylic acids is 2. The summed E-state index contributed by atoms with van der Waals surface area (Å²) in [6.45, 7) is -0.224. The van der Waals surface area contributed by atoms with E-state index in [1.165, 1.54) is 0 Å². The highest BCUT2D eigenvalue weighted by atomic mass is 19.3. The van der Waals surface area contributed by atoms with E-state index in [1.807, 2.05) is 48.5 Å². The van der Waals surface area contributed by atoms with Crippen LogP contribution in [0.15, 0.2) is 48.5 Å². The fourth-order valence-electron chi connectivity index (χ4n) is 5.45. The van der Waals surface area contributed by atoms with Crippen LogP contribution in [0.3, 0.4) is 0 Å². The molecule has 3 unspecified atom stereocenters. The van der Waals surface area contributed by atoms with Gasteiger partial charge in [0, 0.05) is 19.0 Å². The van der Waals surface area contributed by atoms with Gasteiger partial charge >= 0.3 is 12.1 Å². The van der Waals surface area contributed by atoms with E-state index in [9.17, 15) is 28.3 Å². The number of benzene rings is 2. The van der Waals surface area contributed by atoms with Gasteiger partial charge in [0.05, 0.1) is 5.92 Å². The van der Waals surface area contributed by atoms with Gasteiger partial charge in [-0.15, -0.1) is 0 Å². The minimum Gasteiger partial charge on any atom is -0.480 e. The van der Waals surface area contributed by atoms with Crippen LogP contribution in [0.2, 0.25) is 0 Å². The molecule has 184 valence electrons. The number of carbonyl (C=O) groups is 3. The van der Waals surface area contributed by atoms with Gasteiger partial charge < -0.3 is 20.1 Å². The molecule has 2 amide bonds. The van der Waals surface area contributed by atoms with Crippen molar-refractivity contribution in [2.75, 3.05) is 19.7 Å². The van der Waals surface area contributed by atoms with Crippen molar-refractivity contribution in [2.45, 2.75) is 37.1 Å². The number of amides is 2. The third kappa shape index (κ3) is 4.13. The van der Waals surface area contributed by atoms with E-state index >= 15 is 0 Å². The molecular weight excluding hydrogens is 458 g/mol. The second kappa shape index (κ2) is 8.94. The predicted octanol–water partition coefficient (Wildman–Crippen LogP) is 3.87. The van der Waals surface area contributed by atoms with Crippen molar-refractivity contribution in [1.29, 1.82) is 0 Å². The van der Waals surface area contributed by atoms with E-state index in [0.717, 1.165) is 27.2 Å². The Labute approximate surface area is 201 Å². The number of carboxylic acids is 1. The molecule has 3 aliphatic rings. The Kier molecular flexibility index (Phi) is 5.94. The molecule has 3 atom stereocenters. The third-order valence-corrected chi connectivity index (χ3v) is 7.35. The van der Waals surface area contributed by atoms with Gasteiger partial charge in [0.25, 0.3) is 5.92 Å². The second-order valence-electron chi connectivity index (χ2n) is 9.35. The second-order valence-corrected chi connectivity index (χ2v) is 9.35. The lowest BCUT2D eigenvalue weighted by atomic mass is 9.98. The van der Waals surface area contributed by atoms with Crippen molar-refractivity contribution >= 4 is 18.0 Å². The topological polar surface area (TPSA) is 95.9 Å². The Morgan fingerprint density at radius 1 is 1.03 bits per heavy atom. The molecule has 9 heteroatoms. The predicted molar refractivity (Wildman–Crippen MR) is 122 cm³/mol. The summed E-state index contributed by atoms with van der Waals surface area (Å²) in [7, 11) is 0. The minimum atomic E-state index is -3.30. The number of ether oxygens (including phenoxy) is 1. The van der Waals surface area contributed by atoms with Gasteiger partial charge in [-0.05, 0) is 41.5 Å².